The van der Waals surface area contributed by atoms with Crippen molar-refractivity contribution in [3.05, 3.63) is 75.7 Å². The van der Waals surface area contributed by atoms with Crippen LogP contribution in [0, 0.1) is 6.92 Å². The molecule has 34 heavy (non-hydrogen) atoms. The van der Waals surface area contributed by atoms with Crippen molar-refractivity contribution in [2.45, 2.75) is 45.6 Å². The summed E-state index contributed by atoms with van der Waals surface area (Å²) in [7, 11) is 0. The molecular formula is C25H25N3O5S. The topological polar surface area (TPSA) is 107 Å². The van der Waals surface area contributed by atoms with Crippen molar-refractivity contribution < 1.29 is 23.9 Å². The van der Waals surface area contributed by atoms with Gasteiger partial charge in [0.1, 0.15) is 5.00 Å². The van der Waals surface area contributed by atoms with E-state index < -0.39 is 23.9 Å². The number of anilines is 1. The Kier molecular flexibility index (Phi) is 7.32. The van der Waals surface area contributed by atoms with E-state index in [4.69, 9.17) is 9.47 Å². The van der Waals surface area contributed by atoms with Gasteiger partial charge in [0.05, 0.1) is 24.1 Å². The minimum atomic E-state index is -1.24. The van der Waals surface area contributed by atoms with Crippen molar-refractivity contribution in [3.63, 3.8) is 0 Å². The fourth-order valence-electron chi connectivity index (χ4n) is 3.82. The number of rotatable bonds is 7. The molecule has 0 fully saturated rings. The number of nitrogens with zero attached hydrogens (tertiary/aromatic N) is 2. The molecule has 0 radical (unpaired) electrons. The van der Waals surface area contributed by atoms with Gasteiger partial charge in [-0.1, -0.05) is 30.3 Å². The number of nitrogens with one attached hydrogen (secondary N) is 1. The zero-order valence-corrected chi connectivity index (χ0v) is 19.8. The van der Waals surface area contributed by atoms with Crippen LogP contribution in [0.2, 0.25) is 0 Å². The van der Waals surface area contributed by atoms with E-state index in [0.29, 0.717) is 21.8 Å². The highest BCUT2D eigenvalue weighted by Gasteiger charge is 2.31. The highest BCUT2D eigenvalue weighted by molar-refractivity contribution is 7.17. The van der Waals surface area contributed by atoms with E-state index in [-0.39, 0.29) is 12.3 Å². The van der Waals surface area contributed by atoms with Crippen LogP contribution in [0.4, 0.5) is 5.00 Å². The Morgan fingerprint density at radius 1 is 1.06 bits per heavy atom. The number of fused-ring (bicyclic) bond motifs is 1. The van der Waals surface area contributed by atoms with Gasteiger partial charge >= 0.3 is 11.9 Å². The van der Waals surface area contributed by atoms with Crippen LogP contribution in [-0.4, -0.2) is 34.4 Å². The molecule has 0 aliphatic heterocycles. The van der Waals surface area contributed by atoms with E-state index in [0.717, 1.165) is 36.1 Å². The summed E-state index contributed by atoms with van der Waals surface area (Å²) < 4.78 is 10.8. The largest absolute Gasteiger partial charge is 0.462 e. The van der Waals surface area contributed by atoms with Gasteiger partial charge in [0.25, 0.3) is 5.91 Å². The number of hydrogen-bond acceptors (Lipinski definition) is 8. The Morgan fingerprint density at radius 3 is 2.53 bits per heavy atom. The Morgan fingerprint density at radius 2 is 1.82 bits per heavy atom. The standard InChI is InChI=1S/C25H25N3O5S/c1-3-32-25(31)20-17-11-7-8-12-19(17)34-23(20)28-22(29)21(16-9-5-4-6-10-16)33-24(30)18-14-26-15(2)13-27-18/h4-6,9-10,13-14,21H,3,7-8,11-12H2,1-2H3,(H,28,29). The summed E-state index contributed by atoms with van der Waals surface area (Å²) in [5, 5.41) is 3.26. The van der Waals surface area contributed by atoms with Gasteiger partial charge in [-0.15, -0.1) is 11.3 Å². The molecule has 3 aromatic rings. The molecule has 1 aliphatic carbocycles. The van der Waals surface area contributed by atoms with Crippen LogP contribution in [-0.2, 0) is 27.1 Å². The Labute approximate surface area is 201 Å². The maximum absolute atomic E-state index is 13.4. The predicted molar refractivity (Wildman–Crippen MR) is 127 cm³/mol. The molecule has 0 bridgehead atoms. The van der Waals surface area contributed by atoms with Gasteiger partial charge in [0.15, 0.2) is 5.69 Å². The van der Waals surface area contributed by atoms with Gasteiger partial charge in [-0.3, -0.25) is 9.78 Å². The summed E-state index contributed by atoms with van der Waals surface area (Å²) in [4.78, 5) is 48.1. The van der Waals surface area contributed by atoms with E-state index >= 15 is 0 Å². The molecule has 1 atom stereocenters. The Bertz CT molecular complexity index is 1190. The number of hydrogen-bond donors (Lipinski definition) is 1. The maximum Gasteiger partial charge on any atom is 0.359 e. The van der Waals surface area contributed by atoms with Gasteiger partial charge in [0.2, 0.25) is 6.10 Å². The van der Waals surface area contributed by atoms with E-state index in [9.17, 15) is 14.4 Å². The molecule has 0 saturated carbocycles. The first-order valence-electron chi connectivity index (χ1n) is 11.1. The molecule has 8 nitrogen and oxygen atoms in total. The zero-order valence-electron chi connectivity index (χ0n) is 19.0. The molecule has 4 rings (SSSR count). The highest BCUT2D eigenvalue weighted by atomic mass is 32.1. The molecule has 2 heterocycles. The number of carbonyl (C=O) groups excluding carboxylic acids is 3. The molecule has 1 unspecified atom stereocenters. The summed E-state index contributed by atoms with van der Waals surface area (Å²) in [6.07, 6.45) is 5.15. The normalized spacial score (nSPS) is 13.5. The van der Waals surface area contributed by atoms with Gasteiger partial charge in [-0.25, -0.2) is 14.6 Å². The quantitative estimate of drug-likeness (QED) is 0.499. The van der Waals surface area contributed by atoms with Crippen molar-refractivity contribution in [3.8, 4) is 0 Å². The lowest BCUT2D eigenvalue weighted by atomic mass is 9.95. The minimum Gasteiger partial charge on any atom is -0.462 e. The van der Waals surface area contributed by atoms with Crippen LogP contribution in [0.15, 0.2) is 42.7 Å². The third-order valence-electron chi connectivity index (χ3n) is 5.44. The van der Waals surface area contributed by atoms with E-state index in [2.05, 4.69) is 15.3 Å². The molecule has 1 N–H and O–H groups in total. The molecule has 1 aromatic carbocycles. The number of esters is 2. The van der Waals surface area contributed by atoms with Crippen molar-refractivity contribution in [1.29, 1.82) is 0 Å². The number of benzene rings is 1. The monoisotopic (exact) mass is 479 g/mol. The number of aryl methyl sites for hydroxylation is 2. The Balaban J connectivity index is 1.64. The number of thiophene rings is 1. The summed E-state index contributed by atoms with van der Waals surface area (Å²) in [6.45, 7) is 3.73. The van der Waals surface area contributed by atoms with Crippen LogP contribution in [0.25, 0.3) is 0 Å². The lowest BCUT2D eigenvalue weighted by Crippen LogP contribution is -2.26. The number of aromatic nitrogens is 2. The summed E-state index contributed by atoms with van der Waals surface area (Å²) in [5.74, 6) is -1.79. The van der Waals surface area contributed by atoms with Crippen LogP contribution in [0.1, 0.15) is 68.4 Å². The van der Waals surface area contributed by atoms with Crippen molar-refractivity contribution in [2.24, 2.45) is 0 Å². The first-order chi connectivity index (χ1) is 16.5. The third-order valence-corrected chi connectivity index (χ3v) is 6.65. The van der Waals surface area contributed by atoms with Crippen LogP contribution in [0.5, 0.6) is 0 Å². The molecule has 176 valence electrons. The fourth-order valence-corrected chi connectivity index (χ4v) is 5.10. The predicted octanol–water partition coefficient (Wildman–Crippen LogP) is 4.44. The van der Waals surface area contributed by atoms with Gasteiger partial charge in [-0.2, -0.15) is 0 Å². The SMILES string of the molecule is CCOC(=O)c1c(NC(=O)C(OC(=O)c2cnc(C)cn2)c2ccccc2)sc2c1CCCC2. The second kappa shape index (κ2) is 10.6. The number of amides is 1. The lowest BCUT2D eigenvalue weighted by molar-refractivity contribution is -0.125. The second-order valence-electron chi connectivity index (χ2n) is 7.86. The number of carbonyl (C=O) groups is 3. The van der Waals surface area contributed by atoms with Crippen molar-refractivity contribution in [1.82, 2.24) is 9.97 Å². The van der Waals surface area contributed by atoms with Crippen LogP contribution in [0.3, 0.4) is 0 Å². The molecule has 9 heteroatoms. The zero-order chi connectivity index (χ0) is 24.1. The average molecular weight is 480 g/mol. The summed E-state index contributed by atoms with van der Waals surface area (Å²) in [6, 6.07) is 8.71. The molecule has 0 saturated heterocycles. The van der Waals surface area contributed by atoms with E-state index in [1.54, 1.807) is 44.2 Å². The molecule has 1 aliphatic rings. The molecular weight excluding hydrogens is 454 g/mol. The first-order valence-corrected chi connectivity index (χ1v) is 12.0. The van der Waals surface area contributed by atoms with Crippen molar-refractivity contribution >= 4 is 34.2 Å². The van der Waals surface area contributed by atoms with Gasteiger partial charge in [0, 0.05) is 16.6 Å². The first kappa shape index (κ1) is 23.6. The maximum atomic E-state index is 13.4. The van der Waals surface area contributed by atoms with E-state index in [1.807, 2.05) is 0 Å². The lowest BCUT2D eigenvalue weighted by Gasteiger charge is -2.18. The summed E-state index contributed by atoms with van der Waals surface area (Å²) in [5.41, 5.74) is 2.48. The average Bonchev–Trinajstić information content (AvgIpc) is 3.21. The fraction of sp³-hybridized carbons (Fsp3) is 0.320. The van der Waals surface area contributed by atoms with Crippen LogP contribution < -0.4 is 5.32 Å². The van der Waals surface area contributed by atoms with E-state index in [1.165, 1.54) is 23.7 Å². The summed E-state index contributed by atoms with van der Waals surface area (Å²) >= 11 is 1.38. The minimum absolute atomic E-state index is 0.00173. The van der Waals surface area contributed by atoms with Gasteiger partial charge in [-0.05, 0) is 45.1 Å². The van der Waals surface area contributed by atoms with Gasteiger partial charge < -0.3 is 14.8 Å². The molecule has 1 amide bonds. The third kappa shape index (κ3) is 5.14. The molecule has 2 aromatic heterocycles. The van der Waals surface area contributed by atoms with Crippen LogP contribution >= 0.6 is 11.3 Å². The second-order valence-corrected chi connectivity index (χ2v) is 8.97. The Hall–Kier alpha value is -3.59. The number of ether oxygens (including phenoxy) is 2. The van der Waals surface area contributed by atoms with Crippen molar-refractivity contribution in [2.75, 3.05) is 11.9 Å². The highest BCUT2D eigenvalue weighted by Crippen LogP contribution is 2.39. The smallest absolute Gasteiger partial charge is 0.359 e. The molecule has 0 spiro atoms.